The molecule has 1 fully saturated rings. The lowest BCUT2D eigenvalue weighted by atomic mass is 10.2. The quantitative estimate of drug-likeness (QED) is 0.721. The third-order valence-electron chi connectivity index (χ3n) is 4.37. The fourth-order valence-corrected chi connectivity index (χ4v) is 3.40. The molecule has 146 valence electrons. The number of nitrogens with one attached hydrogen (secondary N) is 1. The van der Waals surface area contributed by atoms with E-state index < -0.39 is 11.7 Å². The summed E-state index contributed by atoms with van der Waals surface area (Å²) in [6, 6.07) is 6.95. The van der Waals surface area contributed by atoms with Gasteiger partial charge in [-0.3, -0.25) is 4.90 Å². The maximum Gasteiger partial charge on any atom is 0.416 e. The monoisotopic (exact) mass is 417 g/mol. The van der Waals surface area contributed by atoms with Crippen LogP contribution in [-0.4, -0.2) is 41.1 Å². The number of rotatable bonds is 3. The molecule has 9 heteroatoms. The van der Waals surface area contributed by atoms with Crippen LogP contribution >= 0.6 is 23.8 Å². The number of thiocarbonyl (C=S) groups is 1. The highest BCUT2D eigenvalue weighted by molar-refractivity contribution is 7.80. The maximum absolute atomic E-state index is 12.9. The van der Waals surface area contributed by atoms with E-state index in [-0.39, 0.29) is 10.7 Å². The van der Waals surface area contributed by atoms with Crippen molar-refractivity contribution >= 4 is 34.6 Å². The van der Waals surface area contributed by atoms with Crippen LogP contribution in [0.15, 0.2) is 41.0 Å². The zero-order valence-corrected chi connectivity index (χ0v) is 16.0. The van der Waals surface area contributed by atoms with Crippen molar-refractivity contribution in [2.24, 2.45) is 0 Å². The summed E-state index contributed by atoms with van der Waals surface area (Å²) < 4.78 is 44.1. The molecule has 4 nitrogen and oxygen atoms in total. The Morgan fingerprint density at radius 1 is 1.19 bits per heavy atom. The van der Waals surface area contributed by atoms with E-state index in [0.29, 0.717) is 11.7 Å². The van der Waals surface area contributed by atoms with Crippen molar-refractivity contribution in [1.82, 2.24) is 9.80 Å². The van der Waals surface area contributed by atoms with Crippen LogP contribution in [-0.2, 0) is 12.7 Å². The first-order valence-electron chi connectivity index (χ1n) is 8.50. The molecule has 0 atom stereocenters. The normalized spacial score (nSPS) is 16.2. The van der Waals surface area contributed by atoms with Crippen LogP contribution < -0.4 is 5.32 Å². The highest BCUT2D eigenvalue weighted by Crippen LogP contribution is 2.34. The second-order valence-corrected chi connectivity index (χ2v) is 7.11. The van der Waals surface area contributed by atoms with Crippen molar-refractivity contribution in [3.05, 3.63) is 52.9 Å². The number of hydrogen-bond donors (Lipinski definition) is 1. The van der Waals surface area contributed by atoms with Gasteiger partial charge in [-0.25, -0.2) is 0 Å². The molecular formula is C18H19ClF3N3OS. The molecule has 27 heavy (non-hydrogen) atoms. The standard InChI is InChI=1S/C18H19ClF3N3OS/c19-15-5-4-13(18(20,21)22)11-16(15)23-17(27)25-7-2-6-24(8-9-25)12-14-3-1-10-26-14/h1,3-5,10-11H,2,6-9,12H2,(H,23,27). The molecule has 0 spiro atoms. The molecule has 3 rings (SSSR count). The summed E-state index contributed by atoms with van der Waals surface area (Å²) in [5.41, 5.74) is -0.606. The molecule has 0 aliphatic carbocycles. The Morgan fingerprint density at radius 2 is 2.00 bits per heavy atom. The van der Waals surface area contributed by atoms with Crippen molar-refractivity contribution < 1.29 is 17.6 Å². The average Bonchev–Trinajstić information content (AvgIpc) is 3.00. The van der Waals surface area contributed by atoms with E-state index in [1.807, 2.05) is 17.0 Å². The molecule has 1 aromatic heterocycles. The van der Waals surface area contributed by atoms with Crippen LogP contribution in [0.3, 0.4) is 0 Å². The molecule has 2 aromatic rings. The van der Waals surface area contributed by atoms with Gasteiger partial charge in [0.2, 0.25) is 0 Å². The summed E-state index contributed by atoms with van der Waals surface area (Å²) in [7, 11) is 0. The third-order valence-corrected chi connectivity index (χ3v) is 5.06. The molecule has 0 saturated carbocycles. The first kappa shape index (κ1) is 20.0. The number of benzene rings is 1. The number of hydrogen-bond acceptors (Lipinski definition) is 3. The van der Waals surface area contributed by atoms with E-state index in [2.05, 4.69) is 10.2 Å². The molecule has 0 unspecified atom stereocenters. The molecule has 1 aliphatic rings. The van der Waals surface area contributed by atoms with E-state index >= 15 is 0 Å². The summed E-state index contributed by atoms with van der Waals surface area (Å²) in [6.45, 7) is 3.78. The van der Waals surface area contributed by atoms with Gasteiger partial charge in [0.1, 0.15) is 5.76 Å². The topological polar surface area (TPSA) is 31.6 Å². The Hall–Kier alpha value is -1.77. The summed E-state index contributed by atoms with van der Waals surface area (Å²) in [4.78, 5) is 4.22. The van der Waals surface area contributed by atoms with Gasteiger partial charge >= 0.3 is 6.18 Å². The van der Waals surface area contributed by atoms with Gasteiger partial charge in [-0.05, 0) is 49.0 Å². The summed E-state index contributed by atoms with van der Waals surface area (Å²) >= 11 is 11.4. The Kier molecular flexibility index (Phi) is 6.29. The van der Waals surface area contributed by atoms with E-state index in [9.17, 15) is 13.2 Å². The number of halogens is 4. The lowest BCUT2D eigenvalue weighted by Gasteiger charge is -2.25. The molecule has 1 saturated heterocycles. The predicted octanol–water partition coefficient (Wildman–Crippen LogP) is 4.86. The summed E-state index contributed by atoms with van der Waals surface area (Å²) in [6.07, 6.45) is -1.90. The zero-order valence-electron chi connectivity index (χ0n) is 14.4. The van der Waals surface area contributed by atoms with Gasteiger partial charge in [0.05, 0.1) is 29.1 Å². The number of furan rings is 1. The lowest BCUT2D eigenvalue weighted by Crippen LogP contribution is -2.37. The zero-order chi connectivity index (χ0) is 19.4. The first-order valence-corrected chi connectivity index (χ1v) is 9.29. The van der Waals surface area contributed by atoms with Gasteiger partial charge < -0.3 is 14.6 Å². The van der Waals surface area contributed by atoms with Crippen molar-refractivity contribution in [3.63, 3.8) is 0 Å². The molecular weight excluding hydrogens is 399 g/mol. The molecule has 0 bridgehead atoms. The van der Waals surface area contributed by atoms with E-state index in [4.69, 9.17) is 28.2 Å². The molecule has 1 aromatic carbocycles. The lowest BCUT2D eigenvalue weighted by molar-refractivity contribution is -0.137. The second kappa shape index (κ2) is 8.50. The Bertz CT molecular complexity index is 783. The van der Waals surface area contributed by atoms with Crippen LogP contribution in [0.4, 0.5) is 18.9 Å². The predicted molar refractivity (Wildman–Crippen MR) is 103 cm³/mol. The Balaban J connectivity index is 1.61. The Labute approximate surface area is 165 Å². The van der Waals surface area contributed by atoms with Crippen molar-refractivity contribution in [1.29, 1.82) is 0 Å². The Morgan fingerprint density at radius 3 is 2.70 bits per heavy atom. The SMILES string of the molecule is FC(F)(F)c1ccc(Cl)c(NC(=S)N2CCCN(Cc3ccco3)CC2)c1. The molecule has 1 aliphatic heterocycles. The van der Waals surface area contributed by atoms with E-state index in [0.717, 1.165) is 50.5 Å². The average molecular weight is 418 g/mol. The first-order chi connectivity index (χ1) is 12.8. The van der Waals surface area contributed by atoms with Crippen LogP contribution in [0.25, 0.3) is 0 Å². The van der Waals surface area contributed by atoms with Crippen LogP contribution in [0.2, 0.25) is 5.02 Å². The summed E-state index contributed by atoms with van der Waals surface area (Å²) in [5.74, 6) is 0.903. The fourth-order valence-electron chi connectivity index (χ4n) is 2.95. The fraction of sp³-hybridized carbons (Fsp3) is 0.389. The highest BCUT2D eigenvalue weighted by Gasteiger charge is 2.31. The third kappa shape index (κ3) is 5.37. The van der Waals surface area contributed by atoms with Gasteiger partial charge in [0, 0.05) is 26.2 Å². The minimum atomic E-state index is -4.43. The van der Waals surface area contributed by atoms with E-state index in [1.165, 1.54) is 6.07 Å². The molecule has 0 radical (unpaired) electrons. The smallest absolute Gasteiger partial charge is 0.416 e. The van der Waals surface area contributed by atoms with Gasteiger partial charge in [0.15, 0.2) is 5.11 Å². The van der Waals surface area contributed by atoms with Crippen LogP contribution in [0, 0.1) is 0 Å². The van der Waals surface area contributed by atoms with Crippen molar-refractivity contribution in [3.8, 4) is 0 Å². The molecule has 0 amide bonds. The maximum atomic E-state index is 12.9. The van der Waals surface area contributed by atoms with Gasteiger partial charge in [0.25, 0.3) is 0 Å². The number of nitrogens with zero attached hydrogens (tertiary/aromatic N) is 2. The van der Waals surface area contributed by atoms with E-state index in [1.54, 1.807) is 6.26 Å². The largest absolute Gasteiger partial charge is 0.468 e. The van der Waals surface area contributed by atoms with Gasteiger partial charge in [-0.15, -0.1) is 0 Å². The van der Waals surface area contributed by atoms with Crippen LogP contribution in [0.5, 0.6) is 0 Å². The molecule has 1 N–H and O–H groups in total. The minimum absolute atomic E-state index is 0.160. The highest BCUT2D eigenvalue weighted by atomic mass is 35.5. The molecule has 2 heterocycles. The minimum Gasteiger partial charge on any atom is -0.468 e. The van der Waals surface area contributed by atoms with Crippen molar-refractivity contribution in [2.45, 2.75) is 19.1 Å². The summed E-state index contributed by atoms with van der Waals surface area (Å²) in [5, 5.41) is 3.43. The van der Waals surface area contributed by atoms with Crippen LogP contribution in [0.1, 0.15) is 17.7 Å². The van der Waals surface area contributed by atoms with Crippen molar-refractivity contribution in [2.75, 3.05) is 31.5 Å². The number of alkyl halides is 3. The second-order valence-electron chi connectivity index (χ2n) is 6.32. The van der Waals surface area contributed by atoms with Gasteiger partial charge in [-0.2, -0.15) is 13.2 Å². The van der Waals surface area contributed by atoms with Gasteiger partial charge in [-0.1, -0.05) is 11.6 Å². The number of anilines is 1.